The highest BCUT2D eigenvalue weighted by molar-refractivity contribution is 9.09. The van der Waals surface area contributed by atoms with E-state index in [0.717, 1.165) is 6.07 Å². The Hall–Kier alpha value is -1.05. The quantitative estimate of drug-likeness (QED) is 0.573. The molecular weight excluding hydrogens is 351 g/mol. The number of ether oxygens (including phenoxy) is 2. The summed E-state index contributed by atoms with van der Waals surface area (Å²) in [5.41, 5.74) is 0.0124. The van der Waals surface area contributed by atoms with Crippen LogP contribution in [0.1, 0.15) is 16.0 Å². The van der Waals surface area contributed by atoms with Crippen LogP contribution in [0.25, 0.3) is 0 Å². The van der Waals surface area contributed by atoms with Gasteiger partial charge in [-0.2, -0.15) is 22.0 Å². The zero-order valence-corrected chi connectivity index (χ0v) is 12.4. The highest BCUT2D eigenvalue weighted by Gasteiger charge is 2.62. The Labute approximate surface area is 121 Å². The first-order valence-electron chi connectivity index (χ1n) is 5.37. The maximum absolute atomic E-state index is 13.4. The number of benzene rings is 1. The summed E-state index contributed by atoms with van der Waals surface area (Å²) < 4.78 is 73.8. The van der Waals surface area contributed by atoms with Gasteiger partial charge in [0.25, 0.3) is 0 Å². The van der Waals surface area contributed by atoms with Gasteiger partial charge in [0.05, 0.1) is 14.2 Å². The number of alkyl halides is 6. The van der Waals surface area contributed by atoms with Crippen LogP contribution in [0.2, 0.25) is 0 Å². The van der Waals surface area contributed by atoms with Crippen molar-refractivity contribution in [2.24, 2.45) is 0 Å². The number of aryl methyl sites for hydroxylation is 1. The Morgan fingerprint density at radius 3 is 1.85 bits per heavy atom. The third-order valence-electron chi connectivity index (χ3n) is 2.74. The summed E-state index contributed by atoms with van der Waals surface area (Å²) in [5.74, 6) is -4.57. The van der Waals surface area contributed by atoms with E-state index in [1.807, 2.05) is 0 Å². The predicted octanol–water partition coefficient (Wildman–Crippen LogP) is 4.65. The van der Waals surface area contributed by atoms with Crippen LogP contribution in [0.15, 0.2) is 12.1 Å². The zero-order chi connectivity index (χ0) is 15.7. The fraction of sp³-hybridized carbons (Fsp3) is 0.500. The Morgan fingerprint density at radius 1 is 1.00 bits per heavy atom. The van der Waals surface area contributed by atoms with Crippen molar-refractivity contribution < 1.29 is 31.4 Å². The van der Waals surface area contributed by atoms with E-state index in [9.17, 15) is 22.0 Å². The Balaban J connectivity index is 3.33. The van der Waals surface area contributed by atoms with E-state index in [-0.39, 0.29) is 22.6 Å². The van der Waals surface area contributed by atoms with Gasteiger partial charge in [0, 0.05) is 0 Å². The average Bonchev–Trinajstić information content (AvgIpc) is 2.36. The Kier molecular flexibility index (Phi) is 4.89. The lowest BCUT2D eigenvalue weighted by Gasteiger charge is -2.26. The van der Waals surface area contributed by atoms with E-state index in [0.29, 0.717) is 0 Å². The summed E-state index contributed by atoms with van der Waals surface area (Å²) >= 11 is 2.44. The molecule has 0 spiro atoms. The van der Waals surface area contributed by atoms with Crippen LogP contribution in [0.5, 0.6) is 11.5 Å². The van der Waals surface area contributed by atoms with Crippen molar-refractivity contribution in [2.45, 2.75) is 23.8 Å². The van der Waals surface area contributed by atoms with E-state index < -0.39 is 16.9 Å². The van der Waals surface area contributed by atoms with Gasteiger partial charge in [0.1, 0.15) is 4.83 Å². The van der Waals surface area contributed by atoms with Crippen LogP contribution in [-0.2, 0) is 0 Å². The summed E-state index contributed by atoms with van der Waals surface area (Å²) in [6.07, 6.45) is -5.65. The van der Waals surface area contributed by atoms with Gasteiger partial charge in [-0.25, -0.2) is 0 Å². The van der Waals surface area contributed by atoms with E-state index in [1.165, 1.54) is 27.2 Å². The molecule has 0 saturated carbocycles. The van der Waals surface area contributed by atoms with Crippen molar-refractivity contribution in [1.82, 2.24) is 0 Å². The van der Waals surface area contributed by atoms with Crippen LogP contribution in [0.3, 0.4) is 0 Å². The highest BCUT2D eigenvalue weighted by Crippen LogP contribution is 2.50. The summed E-state index contributed by atoms with van der Waals surface area (Å²) in [4.78, 5) is -2.21. The summed E-state index contributed by atoms with van der Waals surface area (Å²) in [6, 6.07) is 2.45. The number of hydrogen-bond acceptors (Lipinski definition) is 2. The lowest BCUT2D eigenvalue weighted by molar-refractivity contribution is -0.281. The molecule has 0 aromatic heterocycles. The maximum atomic E-state index is 13.4. The van der Waals surface area contributed by atoms with E-state index in [4.69, 9.17) is 9.47 Å². The third kappa shape index (κ3) is 2.99. The molecule has 2 nitrogen and oxygen atoms in total. The number of hydrogen-bond donors (Lipinski definition) is 0. The van der Waals surface area contributed by atoms with Crippen LogP contribution in [0.4, 0.5) is 22.0 Å². The first-order valence-corrected chi connectivity index (χ1v) is 6.29. The second-order valence-corrected chi connectivity index (χ2v) is 4.96. The molecule has 0 amide bonds. The van der Waals surface area contributed by atoms with Crippen LogP contribution in [-0.4, -0.2) is 26.3 Å². The fourth-order valence-electron chi connectivity index (χ4n) is 1.61. The van der Waals surface area contributed by atoms with Crippen molar-refractivity contribution in [3.8, 4) is 11.5 Å². The molecule has 0 fully saturated rings. The lowest BCUT2D eigenvalue weighted by atomic mass is 10.0. The van der Waals surface area contributed by atoms with Crippen molar-refractivity contribution in [2.75, 3.05) is 14.2 Å². The molecule has 0 radical (unpaired) electrons. The monoisotopic (exact) mass is 362 g/mol. The molecule has 0 aliphatic heterocycles. The molecule has 20 heavy (non-hydrogen) atoms. The van der Waals surface area contributed by atoms with Crippen molar-refractivity contribution >= 4 is 15.9 Å². The van der Waals surface area contributed by atoms with Crippen molar-refractivity contribution in [3.63, 3.8) is 0 Å². The average molecular weight is 363 g/mol. The minimum atomic E-state index is -5.65. The summed E-state index contributed by atoms with van der Waals surface area (Å²) in [5, 5.41) is 0. The van der Waals surface area contributed by atoms with Gasteiger partial charge in [-0.3, -0.25) is 0 Å². The van der Waals surface area contributed by atoms with E-state index >= 15 is 0 Å². The normalized spacial score (nSPS) is 14.1. The van der Waals surface area contributed by atoms with Gasteiger partial charge in [-0.15, -0.1) is 0 Å². The standard InChI is InChI=1S/C12H12BrF5O2/c1-6-4-8(19-2)9(20-3)5-7(6)10(13)11(14,15)12(16,17)18/h4-5,10H,1-3H3. The Bertz CT molecular complexity index is 487. The maximum Gasteiger partial charge on any atom is 0.454 e. The number of methoxy groups -OCH3 is 2. The van der Waals surface area contributed by atoms with E-state index in [2.05, 4.69) is 15.9 Å². The molecule has 114 valence electrons. The molecule has 0 saturated heterocycles. The lowest BCUT2D eigenvalue weighted by Crippen LogP contribution is -2.40. The van der Waals surface area contributed by atoms with Gasteiger partial charge < -0.3 is 9.47 Å². The molecule has 1 aromatic rings. The molecule has 1 atom stereocenters. The second-order valence-electron chi connectivity index (χ2n) is 4.05. The van der Waals surface area contributed by atoms with Crippen LogP contribution in [0, 0.1) is 6.92 Å². The van der Waals surface area contributed by atoms with Gasteiger partial charge in [-0.05, 0) is 30.2 Å². The minimum absolute atomic E-state index is 0.0792. The predicted molar refractivity (Wildman–Crippen MR) is 67.0 cm³/mol. The van der Waals surface area contributed by atoms with E-state index in [1.54, 1.807) is 0 Å². The summed E-state index contributed by atoms with van der Waals surface area (Å²) in [7, 11) is 2.61. The largest absolute Gasteiger partial charge is 0.493 e. The van der Waals surface area contributed by atoms with Gasteiger partial charge in [0.15, 0.2) is 11.5 Å². The van der Waals surface area contributed by atoms with Crippen LogP contribution < -0.4 is 9.47 Å². The van der Waals surface area contributed by atoms with Gasteiger partial charge in [-0.1, -0.05) is 15.9 Å². The number of rotatable bonds is 4. The molecule has 1 unspecified atom stereocenters. The third-order valence-corrected chi connectivity index (χ3v) is 3.81. The highest BCUT2D eigenvalue weighted by atomic mass is 79.9. The summed E-state index contributed by atoms with van der Waals surface area (Å²) in [6.45, 7) is 1.41. The molecule has 0 N–H and O–H groups in total. The van der Waals surface area contributed by atoms with Crippen LogP contribution >= 0.6 is 15.9 Å². The number of halogens is 6. The molecule has 1 rings (SSSR count). The van der Waals surface area contributed by atoms with Gasteiger partial charge >= 0.3 is 12.1 Å². The molecular formula is C12H12BrF5O2. The molecule has 0 heterocycles. The van der Waals surface area contributed by atoms with Crippen molar-refractivity contribution in [3.05, 3.63) is 23.3 Å². The SMILES string of the molecule is COc1cc(C)c(C(Br)C(F)(F)C(F)(F)F)cc1OC. The minimum Gasteiger partial charge on any atom is -0.493 e. The molecule has 0 bridgehead atoms. The molecule has 0 aliphatic rings. The molecule has 8 heteroatoms. The fourth-order valence-corrected chi connectivity index (χ4v) is 2.36. The first kappa shape index (κ1) is 17.0. The second kappa shape index (κ2) is 5.75. The zero-order valence-electron chi connectivity index (χ0n) is 10.8. The molecule has 1 aromatic carbocycles. The van der Waals surface area contributed by atoms with Gasteiger partial charge in [0.2, 0.25) is 0 Å². The molecule has 0 aliphatic carbocycles. The Morgan fingerprint density at radius 2 is 1.45 bits per heavy atom. The topological polar surface area (TPSA) is 18.5 Å². The first-order chi connectivity index (χ1) is 9.06. The van der Waals surface area contributed by atoms with Crippen molar-refractivity contribution in [1.29, 1.82) is 0 Å². The smallest absolute Gasteiger partial charge is 0.454 e.